The number of aliphatic hydroxyl groups excluding tert-OH is 1. The summed E-state index contributed by atoms with van der Waals surface area (Å²) in [6.45, 7) is 1.90. The number of alkyl halides is 3. The third kappa shape index (κ3) is 6.92. The van der Waals surface area contributed by atoms with Crippen LogP contribution >= 0.6 is 0 Å². The van der Waals surface area contributed by atoms with Gasteiger partial charge in [0, 0.05) is 20.0 Å². The van der Waals surface area contributed by atoms with Crippen molar-refractivity contribution in [1.82, 2.24) is 5.32 Å². The van der Waals surface area contributed by atoms with Crippen LogP contribution in [0.4, 0.5) is 18.9 Å². The Morgan fingerprint density at radius 3 is 2.44 bits per heavy atom. The normalized spacial score (nSPS) is 12.5. The van der Waals surface area contributed by atoms with Crippen LogP contribution in [0.15, 0.2) is 48.5 Å². The minimum Gasteiger partial charge on any atom is -0.489 e. The number of para-hydroxylation sites is 2. The fourth-order valence-corrected chi connectivity index (χ4v) is 2.33. The largest absolute Gasteiger partial charge is 0.489 e. The topological polar surface area (TPSA) is 70.6 Å². The van der Waals surface area contributed by atoms with Gasteiger partial charge in [0.15, 0.2) is 0 Å². The third-order valence-electron chi connectivity index (χ3n) is 3.62. The van der Waals surface area contributed by atoms with Crippen LogP contribution in [0.3, 0.4) is 0 Å². The molecule has 0 aliphatic heterocycles. The molecule has 2 rings (SSSR count). The summed E-state index contributed by atoms with van der Waals surface area (Å²) in [4.78, 5) is 11.2. The summed E-state index contributed by atoms with van der Waals surface area (Å²) in [7, 11) is 0. The van der Waals surface area contributed by atoms with E-state index in [9.17, 15) is 23.1 Å². The van der Waals surface area contributed by atoms with Gasteiger partial charge in [-0.05, 0) is 29.8 Å². The number of benzene rings is 2. The Morgan fingerprint density at radius 2 is 1.81 bits per heavy atom. The molecule has 5 nitrogen and oxygen atoms in total. The molecule has 27 heavy (non-hydrogen) atoms. The summed E-state index contributed by atoms with van der Waals surface area (Å²) in [5.74, 6) is 0.208. The number of carbonyl (C=O) groups is 1. The van der Waals surface area contributed by atoms with E-state index in [1.807, 2.05) is 0 Å². The van der Waals surface area contributed by atoms with Crippen LogP contribution in [0.1, 0.15) is 18.1 Å². The van der Waals surface area contributed by atoms with Crippen molar-refractivity contribution in [2.45, 2.75) is 25.7 Å². The fourth-order valence-electron chi connectivity index (χ4n) is 2.33. The van der Waals surface area contributed by atoms with E-state index >= 15 is 0 Å². The number of anilines is 1. The van der Waals surface area contributed by atoms with Gasteiger partial charge in [0.05, 0.1) is 11.3 Å². The van der Waals surface area contributed by atoms with Crippen LogP contribution < -0.4 is 15.4 Å². The van der Waals surface area contributed by atoms with E-state index in [1.54, 1.807) is 24.3 Å². The van der Waals surface area contributed by atoms with Crippen molar-refractivity contribution in [1.29, 1.82) is 0 Å². The molecule has 3 N–H and O–H groups in total. The van der Waals surface area contributed by atoms with E-state index in [4.69, 9.17) is 4.74 Å². The van der Waals surface area contributed by atoms with Crippen molar-refractivity contribution in [3.05, 3.63) is 59.7 Å². The summed E-state index contributed by atoms with van der Waals surface area (Å²) in [6, 6.07) is 11.7. The number of ether oxygens (including phenoxy) is 1. The van der Waals surface area contributed by atoms with Crippen molar-refractivity contribution in [3.8, 4) is 5.75 Å². The SMILES string of the molecule is CC(=O)Nc1ccccc1OC[C@H](O)CNCc1ccc(C(F)(F)F)cc1. The molecule has 0 saturated carbocycles. The molecule has 1 atom stereocenters. The van der Waals surface area contributed by atoms with Crippen LogP contribution in [-0.4, -0.2) is 30.3 Å². The van der Waals surface area contributed by atoms with Crippen molar-refractivity contribution in [3.63, 3.8) is 0 Å². The Labute approximate surface area is 155 Å². The summed E-state index contributed by atoms with van der Waals surface area (Å²) in [5, 5.41) is 15.6. The second-order valence-corrected chi connectivity index (χ2v) is 5.97. The average Bonchev–Trinajstić information content (AvgIpc) is 2.60. The van der Waals surface area contributed by atoms with Crippen molar-refractivity contribution in [2.75, 3.05) is 18.5 Å². The molecule has 0 aliphatic rings. The van der Waals surface area contributed by atoms with E-state index in [0.29, 0.717) is 23.5 Å². The number of rotatable bonds is 8. The van der Waals surface area contributed by atoms with Gasteiger partial charge < -0.3 is 20.5 Å². The molecule has 0 heterocycles. The molecule has 1 amide bonds. The van der Waals surface area contributed by atoms with Crippen LogP contribution in [0.2, 0.25) is 0 Å². The maximum Gasteiger partial charge on any atom is 0.416 e. The van der Waals surface area contributed by atoms with Gasteiger partial charge in [-0.2, -0.15) is 13.2 Å². The standard InChI is InChI=1S/C19H21F3N2O3/c1-13(25)24-17-4-2-3-5-18(17)27-12-16(26)11-23-10-14-6-8-15(9-7-14)19(20,21)22/h2-9,16,23,26H,10-12H2,1H3,(H,24,25)/t16-/m1/s1. The molecule has 0 fully saturated rings. The zero-order valence-corrected chi connectivity index (χ0v) is 14.7. The summed E-state index contributed by atoms with van der Waals surface area (Å²) >= 11 is 0. The molecule has 8 heteroatoms. The van der Waals surface area contributed by atoms with Crippen LogP contribution in [0.25, 0.3) is 0 Å². The van der Waals surface area contributed by atoms with E-state index in [1.165, 1.54) is 19.1 Å². The molecule has 0 aromatic heterocycles. The van der Waals surface area contributed by atoms with E-state index in [0.717, 1.165) is 12.1 Å². The minimum atomic E-state index is -4.35. The van der Waals surface area contributed by atoms with E-state index in [-0.39, 0.29) is 19.1 Å². The molecule has 0 radical (unpaired) electrons. The Hall–Kier alpha value is -2.58. The van der Waals surface area contributed by atoms with Gasteiger partial charge in [-0.15, -0.1) is 0 Å². The molecule has 146 valence electrons. The van der Waals surface area contributed by atoms with Gasteiger partial charge >= 0.3 is 6.18 Å². The first-order valence-electron chi connectivity index (χ1n) is 8.30. The quantitative estimate of drug-likeness (QED) is 0.656. The lowest BCUT2D eigenvalue weighted by Gasteiger charge is -2.16. The number of nitrogens with one attached hydrogen (secondary N) is 2. The molecular weight excluding hydrogens is 361 g/mol. The molecule has 2 aromatic carbocycles. The number of halogens is 3. The summed E-state index contributed by atoms with van der Waals surface area (Å²) < 4.78 is 43.1. The number of carbonyl (C=O) groups excluding carboxylic acids is 1. The average molecular weight is 382 g/mol. The molecule has 0 spiro atoms. The van der Waals surface area contributed by atoms with Crippen molar-refractivity contribution in [2.24, 2.45) is 0 Å². The highest BCUT2D eigenvalue weighted by Gasteiger charge is 2.29. The Bertz CT molecular complexity index is 749. The van der Waals surface area contributed by atoms with Crippen LogP contribution in [0, 0.1) is 0 Å². The molecule has 2 aromatic rings. The van der Waals surface area contributed by atoms with E-state index in [2.05, 4.69) is 10.6 Å². The van der Waals surface area contributed by atoms with E-state index < -0.39 is 17.8 Å². The molecule has 0 aliphatic carbocycles. The predicted octanol–water partition coefficient (Wildman–Crippen LogP) is 3.19. The van der Waals surface area contributed by atoms with Crippen LogP contribution in [-0.2, 0) is 17.5 Å². The Morgan fingerprint density at radius 1 is 1.15 bits per heavy atom. The van der Waals surface area contributed by atoms with Gasteiger partial charge in [0.25, 0.3) is 0 Å². The van der Waals surface area contributed by atoms with Gasteiger partial charge in [-0.25, -0.2) is 0 Å². The number of amides is 1. The van der Waals surface area contributed by atoms with Crippen LogP contribution in [0.5, 0.6) is 5.75 Å². The minimum absolute atomic E-state index is 0.00336. The fraction of sp³-hybridized carbons (Fsp3) is 0.316. The monoisotopic (exact) mass is 382 g/mol. The number of hydrogen-bond acceptors (Lipinski definition) is 4. The Kier molecular flexibility index (Phi) is 7.20. The summed E-state index contributed by atoms with van der Waals surface area (Å²) in [5.41, 5.74) is 0.486. The molecule has 0 unspecified atom stereocenters. The molecule has 0 saturated heterocycles. The predicted molar refractivity (Wildman–Crippen MR) is 95.4 cm³/mol. The first-order valence-corrected chi connectivity index (χ1v) is 8.30. The van der Waals surface area contributed by atoms with Crippen molar-refractivity contribution < 1.29 is 27.8 Å². The van der Waals surface area contributed by atoms with Gasteiger partial charge in [-0.3, -0.25) is 4.79 Å². The van der Waals surface area contributed by atoms with Crippen molar-refractivity contribution >= 4 is 11.6 Å². The first kappa shape index (κ1) is 20.7. The molecular formula is C19H21F3N2O3. The third-order valence-corrected chi connectivity index (χ3v) is 3.62. The zero-order chi connectivity index (χ0) is 19.9. The lowest BCUT2D eigenvalue weighted by molar-refractivity contribution is -0.137. The van der Waals surface area contributed by atoms with Gasteiger partial charge in [0.1, 0.15) is 18.5 Å². The number of aliphatic hydroxyl groups is 1. The second-order valence-electron chi connectivity index (χ2n) is 5.97. The zero-order valence-electron chi connectivity index (χ0n) is 14.7. The maximum atomic E-state index is 12.5. The lowest BCUT2D eigenvalue weighted by atomic mass is 10.1. The van der Waals surface area contributed by atoms with Gasteiger partial charge in [0.2, 0.25) is 5.91 Å². The second kappa shape index (κ2) is 9.38. The molecule has 0 bridgehead atoms. The Balaban J connectivity index is 1.77. The summed E-state index contributed by atoms with van der Waals surface area (Å²) in [6.07, 6.45) is -5.18. The maximum absolute atomic E-state index is 12.5. The number of hydrogen-bond donors (Lipinski definition) is 3. The van der Waals surface area contributed by atoms with Gasteiger partial charge in [-0.1, -0.05) is 24.3 Å². The smallest absolute Gasteiger partial charge is 0.416 e. The lowest BCUT2D eigenvalue weighted by Crippen LogP contribution is -2.31. The highest BCUT2D eigenvalue weighted by Crippen LogP contribution is 2.29. The first-order chi connectivity index (χ1) is 12.8. The highest BCUT2D eigenvalue weighted by atomic mass is 19.4. The highest BCUT2D eigenvalue weighted by molar-refractivity contribution is 5.90.